The number of hydrogen-bond acceptors (Lipinski definition) is 0. The smallest absolute Gasteiger partial charge is 0.235 e. The maximum Gasteiger partial charge on any atom is 1.00 e. The van der Waals surface area contributed by atoms with Gasteiger partial charge in [0.1, 0.15) is 0 Å². The van der Waals surface area contributed by atoms with Gasteiger partial charge in [-0.25, -0.2) is 4.39 Å². The van der Waals surface area contributed by atoms with Gasteiger partial charge in [0.05, 0.1) is 0 Å². The van der Waals surface area contributed by atoms with E-state index in [-0.39, 0.29) is 63.2 Å². The Balaban J connectivity index is 0.00000208. The van der Waals surface area contributed by atoms with E-state index in [0.29, 0.717) is 0 Å². The molecule has 0 unspecified atom stereocenters. The average molecular weight is 415 g/mol. The Labute approximate surface area is 199 Å². The summed E-state index contributed by atoms with van der Waals surface area (Å²) in [6, 6.07) is 14.2. The summed E-state index contributed by atoms with van der Waals surface area (Å²) in [4.78, 5) is 0. The summed E-state index contributed by atoms with van der Waals surface area (Å²) < 4.78 is 13.5. The normalized spacial score (nSPS) is 20.5. The standard InChI is InChI=1S/C21H23ClF.Rb/c1-15-5-7-16(8-6-15)9-10-17-11-13-18(14-12-17)19-3-2-4-20(23)21(19)22;/h2-3,11-16H,5-10H2,1H3;/q-1;+1. The van der Waals surface area contributed by atoms with Crippen LogP contribution in [0.4, 0.5) is 4.39 Å². The van der Waals surface area contributed by atoms with Crippen molar-refractivity contribution in [2.75, 3.05) is 0 Å². The van der Waals surface area contributed by atoms with E-state index in [0.717, 1.165) is 29.4 Å². The molecule has 0 radical (unpaired) electrons. The van der Waals surface area contributed by atoms with Gasteiger partial charge in [-0.15, -0.1) is 11.6 Å². The van der Waals surface area contributed by atoms with Gasteiger partial charge in [-0.2, -0.15) is 23.7 Å². The quantitative estimate of drug-likeness (QED) is 0.668. The minimum atomic E-state index is -0.486. The molecule has 0 amide bonds. The van der Waals surface area contributed by atoms with Crippen molar-refractivity contribution < 1.29 is 62.6 Å². The van der Waals surface area contributed by atoms with Gasteiger partial charge in [-0.05, 0) is 40.8 Å². The van der Waals surface area contributed by atoms with Gasteiger partial charge in [0, 0.05) is 5.82 Å². The molecule has 0 saturated heterocycles. The van der Waals surface area contributed by atoms with Gasteiger partial charge in [-0.3, -0.25) is 0 Å². The van der Waals surface area contributed by atoms with Crippen molar-refractivity contribution in [3.63, 3.8) is 0 Å². The fourth-order valence-electron chi connectivity index (χ4n) is 3.52. The first kappa shape index (κ1) is 20.8. The molecule has 0 bridgehead atoms. The van der Waals surface area contributed by atoms with Crippen molar-refractivity contribution in [3.8, 4) is 11.1 Å². The molecule has 2 aromatic carbocycles. The van der Waals surface area contributed by atoms with Crippen molar-refractivity contribution in [1.82, 2.24) is 0 Å². The third-order valence-corrected chi connectivity index (χ3v) is 5.50. The van der Waals surface area contributed by atoms with Crippen molar-refractivity contribution in [3.05, 3.63) is 58.9 Å². The van der Waals surface area contributed by atoms with E-state index in [1.807, 2.05) is 18.2 Å². The second-order valence-electron chi connectivity index (χ2n) is 6.88. The molecule has 0 heterocycles. The molecule has 1 fully saturated rings. The fourth-order valence-corrected chi connectivity index (χ4v) is 3.74. The molecule has 0 aliphatic heterocycles. The van der Waals surface area contributed by atoms with Gasteiger partial charge in [0.25, 0.3) is 0 Å². The van der Waals surface area contributed by atoms with Gasteiger partial charge in [0.15, 0.2) is 0 Å². The first-order valence-electron chi connectivity index (χ1n) is 8.58. The topological polar surface area (TPSA) is 0 Å². The van der Waals surface area contributed by atoms with Gasteiger partial charge >= 0.3 is 58.2 Å². The van der Waals surface area contributed by atoms with Crippen LogP contribution in [-0.2, 0) is 6.42 Å². The largest absolute Gasteiger partial charge is 1.00 e. The summed E-state index contributed by atoms with van der Waals surface area (Å²) in [6.45, 7) is 2.37. The number of aryl methyl sites for hydroxylation is 1. The van der Waals surface area contributed by atoms with Crippen LogP contribution in [0.15, 0.2) is 36.4 Å². The molecule has 0 N–H and O–H groups in total. The second kappa shape index (κ2) is 9.97. The Morgan fingerprint density at radius 1 is 1.08 bits per heavy atom. The van der Waals surface area contributed by atoms with E-state index in [2.05, 4.69) is 25.1 Å². The van der Waals surface area contributed by atoms with Crippen LogP contribution in [0, 0.1) is 23.7 Å². The van der Waals surface area contributed by atoms with Crippen LogP contribution in [0.2, 0.25) is 5.02 Å². The average Bonchev–Trinajstić information content (AvgIpc) is 2.57. The molecule has 2 aromatic rings. The monoisotopic (exact) mass is 414 g/mol. The van der Waals surface area contributed by atoms with E-state index in [1.165, 1.54) is 37.7 Å². The summed E-state index contributed by atoms with van der Waals surface area (Å²) in [6.07, 6.45) is 7.95. The van der Waals surface area contributed by atoms with Crippen LogP contribution in [0.1, 0.15) is 44.6 Å². The molecular weight excluding hydrogens is 392 g/mol. The second-order valence-corrected chi connectivity index (χ2v) is 7.26. The summed E-state index contributed by atoms with van der Waals surface area (Å²) in [5.41, 5.74) is 3.04. The maximum atomic E-state index is 13.5. The van der Waals surface area contributed by atoms with Crippen LogP contribution < -0.4 is 58.2 Å². The number of halogens is 2. The summed E-state index contributed by atoms with van der Waals surface area (Å²) >= 11 is 6.04. The zero-order valence-corrected chi connectivity index (χ0v) is 20.3. The third-order valence-electron chi connectivity index (χ3n) is 5.13. The Bertz CT molecular complexity index is 645. The molecule has 0 aromatic heterocycles. The summed E-state index contributed by atoms with van der Waals surface area (Å²) in [5.74, 6) is 1.32. The van der Waals surface area contributed by atoms with E-state index >= 15 is 0 Å². The molecular formula is C21H23ClFRb. The van der Waals surface area contributed by atoms with Gasteiger partial charge in [0.2, 0.25) is 0 Å². The van der Waals surface area contributed by atoms with Gasteiger partial charge < -0.3 is 0 Å². The minimum absolute atomic E-state index is 0. The van der Waals surface area contributed by atoms with Crippen LogP contribution >= 0.6 is 11.6 Å². The van der Waals surface area contributed by atoms with Crippen LogP contribution in [0.25, 0.3) is 11.1 Å². The van der Waals surface area contributed by atoms with E-state index in [9.17, 15) is 4.39 Å². The maximum absolute atomic E-state index is 13.5. The number of benzene rings is 2. The first-order chi connectivity index (χ1) is 11.1. The Hall–Kier alpha value is 0.465. The molecule has 1 aliphatic rings. The summed E-state index contributed by atoms with van der Waals surface area (Å²) in [5, 5.41) is 0.150. The minimum Gasteiger partial charge on any atom is -0.235 e. The van der Waals surface area contributed by atoms with Crippen LogP contribution in [-0.4, -0.2) is 0 Å². The molecule has 3 heteroatoms. The van der Waals surface area contributed by atoms with Crippen molar-refractivity contribution >= 4 is 11.6 Å². The van der Waals surface area contributed by atoms with E-state index in [4.69, 9.17) is 11.6 Å². The van der Waals surface area contributed by atoms with Crippen molar-refractivity contribution in [2.45, 2.75) is 45.4 Å². The fraction of sp³-hybridized carbons (Fsp3) is 0.429. The van der Waals surface area contributed by atoms with Crippen LogP contribution in [0.3, 0.4) is 0 Å². The molecule has 0 spiro atoms. The number of rotatable bonds is 4. The first-order valence-corrected chi connectivity index (χ1v) is 8.96. The summed E-state index contributed by atoms with van der Waals surface area (Å²) in [7, 11) is 0. The van der Waals surface area contributed by atoms with E-state index in [1.54, 1.807) is 6.07 Å². The molecule has 0 atom stereocenters. The van der Waals surface area contributed by atoms with Crippen LogP contribution in [0.5, 0.6) is 0 Å². The Kier molecular flexibility index (Phi) is 8.63. The molecule has 0 nitrogen and oxygen atoms in total. The predicted octanol–water partition coefficient (Wildman–Crippen LogP) is 3.71. The molecule has 3 rings (SSSR count). The molecule has 24 heavy (non-hydrogen) atoms. The zero-order chi connectivity index (χ0) is 16.2. The predicted molar refractivity (Wildman–Crippen MR) is 95.1 cm³/mol. The molecule has 122 valence electrons. The Morgan fingerprint density at radius 3 is 2.42 bits per heavy atom. The van der Waals surface area contributed by atoms with Gasteiger partial charge in [-0.1, -0.05) is 56.9 Å². The SMILES string of the molecule is CC1CCC(CCc2ccc(-c3cc[c-]c(F)c3Cl)cc2)CC1.[Rb+]. The number of hydrogen-bond donors (Lipinski definition) is 0. The van der Waals surface area contributed by atoms with E-state index < -0.39 is 5.82 Å². The zero-order valence-electron chi connectivity index (χ0n) is 14.6. The molecule has 1 aliphatic carbocycles. The third kappa shape index (κ3) is 5.48. The van der Waals surface area contributed by atoms with Crippen molar-refractivity contribution in [2.24, 2.45) is 11.8 Å². The molecule has 1 saturated carbocycles. The Morgan fingerprint density at radius 2 is 1.75 bits per heavy atom. The van der Waals surface area contributed by atoms with Crippen molar-refractivity contribution in [1.29, 1.82) is 0 Å².